The van der Waals surface area contributed by atoms with Crippen LogP contribution in [0.2, 0.25) is 0 Å². The van der Waals surface area contributed by atoms with Crippen molar-refractivity contribution in [2.75, 3.05) is 6.54 Å². The Labute approximate surface area is 146 Å². The van der Waals surface area contributed by atoms with E-state index < -0.39 is 5.82 Å². The lowest BCUT2D eigenvalue weighted by Crippen LogP contribution is -2.25. The molecule has 0 spiro atoms. The number of halogens is 2. The molecule has 0 saturated carbocycles. The van der Waals surface area contributed by atoms with E-state index in [0.29, 0.717) is 24.4 Å². The number of carbonyl (C=O) groups excluding carboxylic acids is 1. The van der Waals surface area contributed by atoms with Crippen molar-refractivity contribution in [1.82, 2.24) is 15.5 Å². The van der Waals surface area contributed by atoms with Gasteiger partial charge in [0.25, 0.3) is 5.91 Å². The van der Waals surface area contributed by atoms with Gasteiger partial charge in [-0.3, -0.25) is 4.79 Å². The van der Waals surface area contributed by atoms with Gasteiger partial charge in [0.05, 0.1) is 5.56 Å². The lowest BCUT2D eigenvalue weighted by molar-refractivity contribution is 0.0953. The Morgan fingerprint density at radius 1 is 1.17 bits per heavy atom. The number of aromatic nitrogens is 2. The molecule has 0 bridgehead atoms. The smallest absolute Gasteiger partial charge is 0.251 e. The number of nitrogens with zero attached hydrogens (tertiary/aromatic N) is 2. The summed E-state index contributed by atoms with van der Waals surface area (Å²) in [5.41, 5.74) is 0.849. The molecule has 24 heavy (non-hydrogen) atoms. The van der Waals surface area contributed by atoms with Crippen molar-refractivity contribution in [1.29, 1.82) is 0 Å². The molecular weight excluding hydrogens is 377 g/mol. The number of rotatable bonds is 5. The number of hydrogen-bond acceptors (Lipinski definition) is 4. The van der Waals surface area contributed by atoms with Crippen LogP contribution in [0.5, 0.6) is 0 Å². The van der Waals surface area contributed by atoms with Gasteiger partial charge in [0.1, 0.15) is 5.82 Å². The van der Waals surface area contributed by atoms with Gasteiger partial charge in [0.2, 0.25) is 11.7 Å². The zero-order chi connectivity index (χ0) is 16.9. The van der Waals surface area contributed by atoms with E-state index in [1.807, 2.05) is 0 Å². The average Bonchev–Trinajstić information content (AvgIpc) is 3.04. The summed E-state index contributed by atoms with van der Waals surface area (Å²) in [7, 11) is 0. The predicted molar refractivity (Wildman–Crippen MR) is 89.9 cm³/mol. The zero-order valence-electron chi connectivity index (χ0n) is 12.5. The highest BCUT2D eigenvalue weighted by atomic mass is 79.9. The lowest BCUT2D eigenvalue weighted by atomic mass is 10.2. The van der Waals surface area contributed by atoms with E-state index in [0.717, 1.165) is 4.47 Å². The molecule has 0 radical (unpaired) electrons. The van der Waals surface area contributed by atoms with Gasteiger partial charge >= 0.3 is 0 Å². The van der Waals surface area contributed by atoms with Crippen LogP contribution in [0.1, 0.15) is 16.2 Å². The van der Waals surface area contributed by atoms with Gasteiger partial charge in [-0.15, -0.1) is 0 Å². The van der Waals surface area contributed by atoms with Crippen molar-refractivity contribution in [3.05, 3.63) is 70.3 Å². The molecule has 0 fully saturated rings. The van der Waals surface area contributed by atoms with E-state index in [1.165, 1.54) is 6.07 Å². The lowest BCUT2D eigenvalue weighted by Gasteiger charge is -2.03. The molecule has 5 nitrogen and oxygen atoms in total. The van der Waals surface area contributed by atoms with Crippen LogP contribution in [0.4, 0.5) is 4.39 Å². The molecule has 3 aromatic rings. The number of amides is 1. The van der Waals surface area contributed by atoms with Crippen molar-refractivity contribution >= 4 is 21.8 Å². The highest BCUT2D eigenvalue weighted by Gasteiger charge is 2.12. The van der Waals surface area contributed by atoms with Gasteiger partial charge in [-0.25, -0.2) is 4.39 Å². The molecule has 0 aliphatic carbocycles. The van der Waals surface area contributed by atoms with Gasteiger partial charge in [0, 0.05) is 23.0 Å². The van der Waals surface area contributed by atoms with Crippen LogP contribution in [0.3, 0.4) is 0 Å². The maximum Gasteiger partial charge on any atom is 0.251 e. The summed E-state index contributed by atoms with van der Waals surface area (Å²) in [6.07, 6.45) is 0.365. The quantitative estimate of drug-likeness (QED) is 0.723. The molecule has 2 aromatic carbocycles. The fourth-order valence-electron chi connectivity index (χ4n) is 2.09. The standard InChI is InChI=1S/C17H13BrFN3O2/c18-12-7-5-11(6-8-12)17(23)20-10-9-15-21-16(22-24-15)13-3-1-2-4-14(13)19/h1-8H,9-10H2,(H,20,23). The molecule has 7 heteroatoms. The summed E-state index contributed by atoms with van der Waals surface area (Å²) in [5.74, 6) is -0.0589. The molecule has 1 N–H and O–H groups in total. The van der Waals surface area contributed by atoms with Gasteiger partial charge < -0.3 is 9.84 Å². The summed E-state index contributed by atoms with van der Waals surface area (Å²) < 4.78 is 19.7. The first-order chi connectivity index (χ1) is 11.6. The molecule has 1 heterocycles. The molecular formula is C17H13BrFN3O2. The largest absolute Gasteiger partial charge is 0.352 e. The summed E-state index contributed by atoms with van der Waals surface area (Å²) in [6.45, 7) is 0.341. The van der Waals surface area contributed by atoms with E-state index in [2.05, 4.69) is 31.4 Å². The number of nitrogens with one attached hydrogen (secondary N) is 1. The van der Waals surface area contributed by atoms with Gasteiger partial charge in [-0.1, -0.05) is 33.2 Å². The summed E-state index contributed by atoms with van der Waals surface area (Å²) >= 11 is 3.32. The fourth-order valence-corrected chi connectivity index (χ4v) is 2.36. The maximum absolute atomic E-state index is 13.7. The minimum Gasteiger partial charge on any atom is -0.352 e. The van der Waals surface area contributed by atoms with E-state index >= 15 is 0 Å². The van der Waals surface area contributed by atoms with Crippen molar-refractivity contribution in [3.63, 3.8) is 0 Å². The second-order valence-corrected chi connectivity index (χ2v) is 5.92. The first kappa shape index (κ1) is 16.3. The Balaban J connectivity index is 1.57. The number of hydrogen-bond donors (Lipinski definition) is 1. The number of benzene rings is 2. The summed E-state index contributed by atoms with van der Waals surface area (Å²) in [4.78, 5) is 16.1. The first-order valence-electron chi connectivity index (χ1n) is 7.25. The Hall–Kier alpha value is -2.54. The minimum absolute atomic E-state index is 0.184. The summed E-state index contributed by atoms with van der Waals surface area (Å²) in [5, 5.41) is 6.54. The second-order valence-electron chi connectivity index (χ2n) is 5.00. The molecule has 0 aliphatic rings. The molecule has 122 valence electrons. The van der Waals surface area contributed by atoms with Gasteiger partial charge in [-0.05, 0) is 36.4 Å². The minimum atomic E-state index is -0.409. The van der Waals surface area contributed by atoms with Crippen LogP contribution in [0, 0.1) is 5.82 Å². The topological polar surface area (TPSA) is 68.0 Å². The Kier molecular flexibility index (Phi) is 5.00. The normalized spacial score (nSPS) is 10.6. The molecule has 0 aliphatic heterocycles. The van der Waals surface area contributed by atoms with Crippen LogP contribution in [-0.4, -0.2) is 22.6 Å². The third kappa shape index (κ3) is 3.86. The van der Waals surface area contributed by atoms with E-state index in [-0.39, 0.29) is 17.3 Å². The van der Waals surface area contributed by atoms with Crippen molar-refractivity contribution in [2.45, 2.75) is 6.42 Å². The Morgan fingerprint density at radius 2 is 1.92 bits per heavy atom. The second kappa shape index (κ2) is 7.35. The molecule has 1 amide bonds. The number of carbonyl (C=O) groups is 1. The van der Waals surface area contributed by atoms with Crippen molar-refractivity contribution < 1.29 is 13.7 Å². The fraction of sp³-hybridized carbons (Fsp3) is 0.118. The summed E-state index contributed by atoms with van der Waals surface area (Å²) in [6, 6.07) is 13.3. The molecule has 1 aromatic heterocycles. The monoisotopic (exact) mass is 389 g/mol. The Bertz CT molecular complexity index is 849. The van der Waals surface area contributed by atoms with E-state index in [9.17, 15) is 9.18 Å². The Morgan fingerprint density at radius 3 is 2.67 bits per heavy atom. The van der Waals surface area contributed by atoms with Crippen LogP contribution >= 0.6 is 15.9 Å². The van der Waals surface area contributed by atoms with Crippen molar-refractivity contribution in [2.24, 2.45) is 0 Å². The van der Waals surface area contributed by atoms with Gasteiger partial charge in [-0.2, -0.15) is 4.98 Å². The van der Waals surface area contributed by atoms with E-state index in [4.69, 9.17) is 4.52 Å². The average molecular weight is 390 g/mol. The highest BCUT2D eigenvalue weighted by Crippen LogP contribution is 2.19. The molecule has 0 saturated heterocycles. The first-order valence-corrected chi connectivity index (χ1v) is 8.04. The highest BCUT2D eigenvalue weighted by molar-refractivity contribution is 9.10. The SMILES string of the molecule is O=C(NCCc1nc(-c2ccccc2F)no1)c1ccc(Br)cc1. The molecule has 0 atom stereocenters. The van der Waals surface area contributed by atoms with Gasteiger partial charge in [0.15, 0.2) is 0 Å². The van der Waals surface area contributed by atoms with Crippen LogP contribution in [0.15, 0.2) is 57.5 Å². The zero-order valence-corrected chi connectivity index (χ0v) is 14.1. The van der Waals surface area contributed by atoms with Crippen LogP contribution in [-0.2, 0) is 6.42 Å². The van der Waals surface area contributed by atoms with E-state index in [1.54, 1.807) is 42.5 Å². The van der Waals surface area contributed by atoms with Crippen LogP contribution < -0.4 is 5.32 Å². The van der Waals surface area contributed by atoms with Crippen LogP contribution in [0.25, 0.3) is 11.4 Å². The molecule has 3 rings (SSSR count). The maximum atomic E-state index is 13.7. The third-order valence-electron chi connectivity index (χ3n) is 3.31. The third-order valence-corrected chi connectivity index (χ3v) is 3.84. The van der Waals surface area contributed by atoms with Crippen molar-refractivity contribution in [3.8, 4) is 11.4 Å². The molecule has 0 unspecified atom stereocenters. The predicted octanol–water partition coefficient (Wildman–Crippen LogP) is 3.61.